The van der Waals surface area contributed by atoms with Gasteiger partial charge in [-0.2, -0.15) is 5.10 Å². The van der Waals surface area contributed by atoms with Crippen molar-refractivity contribution >= 4 is 46.9 Å². The van der Waals surface area contributed by atoms with Gasteiger partial charge in [0.05, 0.1) is 11.4 Å². The Morgan fingerprint density at radius 1 is 1.17 bits per heavy atom. The van der Waals surface area contributed by atoms with Gasteiger partial charge in [-0.3, -0.25) is 14.8 Å². The molecule has 11 heteroatoms. The topological polar surface area (TPSA) is 89.2 Å². The molecule has 1 saturated carbocycles. The molecule has 2 aromatic heterocycles. The van der Waals surface area contributed by atoms with Crippen LogP contribution < -0.4 is 10.6 Å². The van der Waals surface area contributed by atoms with Crippen molar-refractivity contribution in [3.05, 3.63) is 58.1 Å². The number of nitrogens with one attached hydrogen (secondary N) is 3. The zero-order valence-electron chi connectivity index (χ0n) is 19.8. The molecule has 3 aromatic rings. The summed E-state index contributed by atoms with van der Waals surface area (Å²) in [6.45, 7) is 4.28. The van der Waals surface area contributed by atoms with E-state index in [1.54, 1.807) is 24.4 Å². The number of likely N-dealkylation sites (N-methyl/N-ethyl adjacent to an activating group) is 1. The molecule has 188 valence electrons. The van der Waals surface area contributed by atoms with Crippen molar-refractivity contribution in [1.29, 1.82) is 0 Å². The highest BCUT2D eigenvalue weighted by atomic mass is 35.5. The molecule has 1 aromatic carbocycles. The minimum Gasteiger partial charge on any atom is -0.353 e. The molecule has 1 aliphatic heterocycles. The van der Waals surface area contributed by atoms with Gasteiger partial charge in [0.2, 0.25) is 5.91 Å². The molecule has 0 unspecified atom stereocenters. The van der Waals surface area contributed by atoms with Crippen LogP contribution in [0, 0.1) is 16.4 Å². The fourth-order valence-corrected chi connectivity index (χ4v) is 4.91. The van der Waals surface area contributed by atoms with Crippen molar-refractivity contribution < 1.29 is 9.18 Å². The van der Waals surface area contributed by atoms with Gasteiger partial charge in [0, 0.05) is 66.7 Å². The highest BCUT2D eigenvalue weighted by Crippen LogP contribution is 2.33. The van der Waals surface area contributed by atoms with Crippen LogP contribution in [0.15, 0.2) is 42.6 Å². The number of nitrogens with zero attached hydrogens (tertiary/aromatic N) is 4. The second-order valence-corrected chi connectivity index (χ2v) is 10.2. The van der Waals surface area contributed by atoms with Crippen molar-refractivity contribution in [2.75, 3.05) is 43.9 Å². The van der Waals surface area contributed by atoms with Crippen LogP contribution in [0.2, 0.25) is 5.02 Å². The first kappa shape index (κ1) is 24.8. The minimum absolute atomic E-state index is 0.00253. The van der Waals surface area contributed by atoms with Crippen LogP contribution in [0.3, 0.4) is 0 Å². The molecule has 36 heavy (non-hydrogen) atoms. The Bertz CT molecular complexity index is 1320. The Kier molecular flexibility index (Phi) is 7.29. The van der Waals surface area contributed by atoms with E-state index in [0.29, 0.717) is 38.6 Å². The van der Waals surface area contributed by atoms with Crippen LogP contribution in [-0.4, -0.2) is 70.2 Å². The number of piperazine rings is 1. The molecule has 0 spiro atoms. The zero-order valence-corrected chi connectivity index (χ0v) is 21.4. The number of aromatic nitrogens is 3. The van der Waals surface area contributed by atoms with Crippen LogP contribution in [0.25, 0.3) is 11.3 Å². The standard InChI is InChI=1S/C25H27ClFN7OS/c1-33-6-8-34(9-7-33)18-10-15(11-18)24(35)30-23-13-17(4-5-28-23)29-22-14-21(31-32-25(22)36)19-12-16(26)2-3-20(19)27/h2-5,12-15,18H,6-11H2,1H3,(H,32,36)(H2,28,29,30,31,35). The molecule has 0 bridgehead atoms. The number of rotatable bonds is 6. The maximum atomic E-state index is 14.3. The maximum absolute atomic E-state index is 14.3. The number of carbonyl (C=O) groups is 1. The van der Waals surface area contributed by atoms with Gasteiger partial charge in [-0.25, -0.2) is 9.37 Å². The number of amides is 1. The van der Waals surface area contributed by atoms with E-state index in [1.807, 2.05) is 0 Å². The number of hydrogen-bond acceptors (Lipinski definition) is 7. The summed E-state index contributed by atoms with van der Waals surface area (Å²) in [5.41, 5.74) is 1.82. The van der Waals surface area contributed by atoms with Gasteiger partial charge < -0.3 is 15.5 Å². The summed E-state index contributed by atoms with van der Waals surface area (Å²) in [6, 6.07) is 9.92. The Hall–Kier alpha value is -2.92. The van der Waals surface area contributed by atoms with E-state index in [2.05, 4.69) is 42.7 Å². The second kappa shape index (κ2) is 10.6. The number of H-pyrrole nitrogens is 1. The van der Waals surface area contributed by atoms with Crippen LogP contribution in [0.5, 0.6) is 0 Å². The van der Waals surface area contributed by atoms with Gasteiger partial charge in [-0.15, -0.1) is 0 Å². The molecule has 3 N–H and O–H groups in total. The van der Waals surface area contributed by atoms with Crippen molar-refractivity contribution in [1.82, 2.24) is 25.0 Å². The molecule has 5 rings (SSSR count). The number of aromatic amines is 1. The molecule has 3 heterocycles. The number of benzene rings is 1. The molecule has 1 aliphatic carbocycles. The Balaban J connectivity index is 1.23. The molecule has 2 aliphatic rings. The highest BCUT2D eigenvalue weighted by Gasteiger charge is 2.38. The summed E-state index contributed by atoms with van der Waals surface area (Å²) in [4.78, 5) is 21.9. The number of anilines is 3. The molecule has 0 radical (unpaired) electrons. The largest absolute Gasteiger partial charge is 0.353 e. The highest BCUT2D eigenvalue weighted by molar-refractivity contribution is 7.71. The SMILES string of the molecule is CN1CCN(C2CC(C(=O)Nc3cc(Nc4cc(-c5cc(Cl)ccc5F)n[nH]c4=S)ccn3)C2)CC1. The van der Waals surface area contributed by atoms with E-state index in [9.17, 15) is 9.18 Å². The molecule has 2 fully saturated rings. The fraction of sp³-hybridized carbons (Fsp3) is 0.360. The molecular formula is C25H27ClFN7OS. The molecular weight excluding hydrogens is 501 g/mol. The Morgan fingerprint density at radius 2 is 1.94 bits per heavy atom. The zero-order chi connectivity index (χ0) is 25.2. The summed E-state index contributed by atoms with van der Waals surface area (Å²) < 4.78 is 14.7. The molecule has 0 atom stereocenters. The van der Waals surface area contributed by atoms with Crippen LogP contribution >= 0.6 is 23.8 Å². The number of hydrogen-bond donors (Lipinski definition) is 3. The predicted octanol–water partition coefficient (Wildman–Crippen LogP) is 4.70. The Labute approximate surface area is 218 Å². The van der Waals surface area contributed by atoms with E-state index in [4.69, 9.17) is 23.8 Å². The van der Waals surface area contributed by atoms with Gasteiger partial charge in [0.25, 0.3) is 0 Å². The van der Waals surface area contributed by atoms with Crippen LogP contribution in [-0.2, 0) is 4.79 Å². The van der Waals surface area contributed by atoms with Crippen molar-refractivity contribution in [2.45, 2.75) is 18.9 Å². The monoisotopic (exact) mass is 527 g/mol. The summed E-state index contributed by atoms with van der Waals surface area (Å²) in [7, 11) is 2.14. The third-order valence-corrected chi connectivity index (χ3v) is 7.38. The molecule has 1 saturated heterocycles. The Morgan fingerprint density at radius 3 is 2.72 bits per heavy atom. The first-order valence-electron chi connectivity index (χ1n) is 11.9. The smallest absolute Gasteiger partial charge is 0.228 e. The van der Waals surface area contributed by atoms with E-state index in [0.717, 1.165) is 39.0 Å². The van der Waals surface area contributed by atoms with E-state index in [1.165, 1.54) is 18.2 Å². The summed E-state index contributed by atoms with van der Waals surface area (Å²) >= 11 is 11.4. The average molecular weight is 528 g/mol. The fourth-order valence-electron chi connectivity index (χ4n) is 4.58. The number of halogens is 2. The second-order valence-electron chi connectivity index (χ2n) is 9.33. The maximum Gasteiger partial charge on any atom is 0.228 e. The lowest BCUT2D eigenvalue weighted by molar-refractivity contribution is -0.124. The van der Waals surface area contributed by atoms with E-state index < -0.39 is 5.82 Å². The average Bonchev–Trinajstić information content (AvgIpc) is 2.83. The van der Waals surface area contributed by atoms with Gasteiger partial charge in [0.1, 0.15) is 16.3 Å². The van der Waals surface area contributed by atoms with Gasteiger partial charge in [-0.05, 0) is 50.2 Å². The normalized spacial score (nSPS) is 20.5. The van der Waals surface area contributed by atoms with Gasteiger partial charge in [-0.1, -0.05) is 23.8 Å². The van der Waals surface area contributed by atoms with Crippen LogP contribution in [0.1, 0.15) is 12.8 Å². The lowest BCUT2D eigenvalue weighted by Gasteiger charge is -2.45. The van der Waals surface area contributed by atoms with E-state index >= 15 is 0 Å². The quantitative estimate of drug-likeness (QED) is 0.400. The first-order chi connectivity index (χ1) is 17.4. The third-order valence-electron chi connectivity index (χ3n) is 6.84. The number of carbonyl (C=O) groups excluding carboxylic acids is 1. The number of pyridine rings is 1. The van der Waals surface area contributed by atoms with Gasteiger partial charge in [0.15, 0.2) is 0 Å². The van der Waals surface area contributed by atoms with Crippen molar-refractivity contribution in [2.24, 2.45) is 5.92 Å². The summed E-state index contributed by atoms with van der Waals surface area (Å²) in [5, 5.41) is 13.4. The van der Waals surface area contributed by atoms with Crippen molar-refractivity contribution in [3.8, 4) is 11.3 Å². The summed E-state index contributed by atoms with van der Waals surface area (Å²) in [5.74, 6) is 0.00320. The van der Waals surface area contributed by atoms with Crippen LogP contribution in [0.4, 0.5) is 21.6 Å². The molecule has 1 amide bonds. The van der Waals surface area contributed by atoms with Crippen molar-refractivity contribution in [3.63, 3.8) is 0 Å². The van der Waals surface area contributed by atoms with Gasteiger partial charge >= 0.3 is 0 Å². The lowest BCUT2D eigenvalue weighted by atomic mass is 9.78. The minimum atomic E-state index is -0.442. The van der Waals surface area contributed by atoms with E-state index in [-0.39, 0.29) is 17.4 Å². The lowest BCUT2D eigenvalue weighted by Crippen LogP contribution is -2.54. The first-order valence-corrected chi connectivity index (χ1v) is 12.7. The third kappa shape index (κ3) is 5.57. The predicted molar refractivity (Wildman–Crippen MR) is 142 cm³/mol. The molecule has 8 nitrogen and oxygen atoms in total. The summed E-state index contributed by atoms with van der Waals surface area (Å²) in [6.07, 6.45) is 3.36.